The molecule has 5 nitrogen and oxygen atoms in total. The summed E-state index contributed by atoms with van der Waals surface area (Å²) in [6.07, 6.45) is 3.55. The van der Waals surface area contributed by atoms with Crippen molar-refractivity contribution in [2.24, 2.45) is 11.3 Å². The van der Waals surface area contributed by atoms with Gasteiger partial charge in [0.15, 0.2) is 0 Å². The number of rotatable bonds is 5. The fraction of sp³-hybridized carbons (Fsp3) is 0.667. The Morgan fingerprint density at radius 2 is 1.96 bits per heavy atom. The minimum atomic E-state index is 0.0911. The van der Waals surface area contributed by atoms with Gasteiger partial charge in [-0.25, -0.2) is 0 Å². The van der Waals surface area contributed by atoms with Crippen molar-refractivity contribution in [1.29, 1.82) is 0 Å². The SMILES string of the molecule is COc1ccc(CN2CCCC3(CCN(C(=O)C(C)C)C3)C2)c(OC)c1. The monoisotopic (exact) mass is 360 g/mol. The Morgan fingerprint density at radius 3 is 2.65 bits per heavy atom. The van der Waals surface area contributed by atoms with E-state index in [2.05, 4.69) is 15.9 Å². The van der Waals surface area contributed by atoms with Gasteiger partial charge >= 0.3 is 0 Å². The van der Waals surface area contributed by atoms with E-state index in [1.165, 1.54) is 18.4 Å². The summed E-state index contributed by atoms with van der Waals surface area (Å²) < 4.78 is 10.9. The molecule has 2 aliphatic heterocycles. The number of carbonyl (C=O) groups excluding carboxylic acids is 1. The molecule has 0 aliphatic carbocycles. The van der Waals surface area contributed by atoms with Gasteiger partial charge in [-0.3, -0.25) is 9.69 Å². The molecular weight excluding hydrogens is 328 g/mol. The van der Waals surface area contributed by atoms with Gasteiger partial charge in [-0.15, -0.1) is 0 Å². The van der Waals surface area contributed by atoms with Crippen LogP contribution in [0.1, 0.15) is 38.7 Å². The van der Waals surface area contributed by atoms with Gasteiger partial charge in [-0.05, 0) is 31.9 Å². The van der Waals surface area contributed by atoms with Crippen molar-refractivity contribution in [1.82, 2.24) is 9.80 Å². The molecule has 2 aliphatic rings. The topological polar surface area (TPSA) is 42.0 Å². The molecule has 2 fully saturated rings. The summed E-state index contributed by atoms with van der Waals surface area (Å²) in [5.74, 6) is 2.09. The summed E-state index contributed by atoms with van der Waals surface area (Å²) in [6, 6.07) is 6.05. The van der Waals surface area contributed by atoms with E-state index in [-0.39, 0.29) is 11.3 Å². The number of methoxy groups -OCH3 is 2. The summed E-state index contributed by atoms with van der Waals surface area (Å²) in [5.41, 5.74) is 1.46. The van der Waals surface area contributed by atoms with Gasteiger partial charge in [0, 0.05) is 49.1 Å². The number of ether oxygens (including phenoxy) is 2. The molecule has 0 bridgehead atoms. The minimum absolute atomic E-state index is 0.0911. The molecule has 5 heteroatoms. The van der Waals surface area contributed by atoms with Crippen LogP contribution in [0.4, 0.5) is 0 Å². The fourth-order valence-electron chi connectivity index (χ4n) is 4.49. The van der Waals surface area contributed by atoms with Gasteiger partial charge in [0.2, 0.25) is 5.91 Å². The smallest absolute Gasteiger partial charge is 0.225 e. The number of nitrogens with zero attached hydrogens (tertiary/aromatic N) is 2. The lowest BCUT2D eigenvalue weighted by Crippen LogP contribution is -2.45. The van der Waals surface area contributed by atoms with Crippen molar-refractivity contribution in [3.63, 3.8) is 0 Å². The molecule has 1 amide bonds. The number of likely N-dealkylation sites (tertiary alicyclic amines) is 2. The number of amides is 1. The second kappa shape index (κ2) is 7.87. The van der Waals surface area contributed by atoms with Crippen LogP contribution in [0.5, 0.6) is 11.5 Å². The van der Waals surface area contributed by atoms with Crippen LogP contribution < -0.4 is 9.47 Å². The number of piperidine rings is 1. The Labute approximate surface area is 157 Å². The molecule has 0 N–H and O–H groups in total. The Balaban J connectivity index is 1.67. The predicted molar refractivity (Wildman–Crippen MR) is 103 cm³/mol. The molecule has 26 heavy (non-hydrogen) atoms. The average molecular weight is 360 g/mol. The van der Waals surface area contributed by atoms with Crippen LogP contribution in [0.25, 0.3) is 0 Å². The maximum absolute atomic E-state index is 12.4. The first-order valence-corrected chi connectivity index (χ1v) is 9.68. The highest BCUT2D eigenvalue weighted by Crippen LogP contribution is 2.40. The van der Waals surface area contributed by atoms with Crippen molar-refractivity contribution in [2.45, 2.75) is 39.7 Å². The third-order valence-electron chi connectivity index (χ3n) is 5.87. The lowest BCUT2D eigenvalue weighted by molar-refractivity contribution is -0.134. The molecule has 2 saturated heterocycles. The second-order valence-electron chi connectivity index (χ2n) is 8.16. The highest BCUT2D eigenvalue weighted by atomic mass is 16.5. The molecule has 1 aromatic rings. The van der Waals surface area contributed by atoms with E-state index in [0.717, 1.165) is 50.6 Å². The van der Waals surface area contributed by atoms with Gasteiger partial charge < -0.3 is 14.4 Å². The van der Waals surface area contributed by atoms with Crippen LogP contribution in [0.2, 0.25) is 0 Å². The Kier molecular flexibility index (Phi) is 5.76. The Morgan fingerprint density at radius 1 is 1.15 bits per heavy atom. The van der Waals surface area contributed by atoms with Crippen molar-refractivity contribution in [3.8, 4) is 11.5 Å². The van der Waals surface area contributed by atoms with E-state index in [9.17, 15) is 4.79 Å². The number of hydrogen-bond donors (Lipinski definition) is 0. The summed E-state index contributed by atoms with van der Waals surface area (Å²) in [6.45, 7) is 8.87. The minimum Gasteiger partial charge on any atom is -0.497 e. The summed E-state index contributed by atoms with van der Waals surface area (Å²) in [7, 11) is 3.38. The van der Waals surface area contributed by atoms with E-state index in [0.29, 0.717) is 5.91 Å². The first kappa shape index (κ1) is 19.0. The molecule has 3 rings (SSSR count). The van der Waals surface area contributed by atoms with E-state index >= 15 is 0 Å². The number of hydrogen-bond acceptors (Lipinski definition) is 4. The van der Waals surface area contributed by atoms with Crippen LogP contribution in [-0.4, -0.2) is 56.1 Å². The zero-order chi connectivity index (χ0) is 18.7. The zero-order valence-corrected chi connectivity index (χ0v) is 16.6. The van der Waals surface area contributed by atoms with Gasteiger partial charge in [-0.1, -0.05) is 19.9 Å². The molecule has 0 saturated carbocycles. The summed E-state index contributed by atoms with van der Waals surface area (Å²) in [5, 5.41) is 0. The number of carbonyl (C=O) groups is 1. The van der Waals surface area contributed by atoms with Crippen LogP contribution >= 0.6 is 0 Å². The van der Waals surface area contributed by atoms with Crippen molar-refractivity contribution < 1.29 is 14.3 Å². The maximum Gasteiger partial charge on any atom is 0.225 e. The lowest BCUT2D eigenvalue weighted by atomic mass is 9.79. The Bertz CT molecular complexity index is 646. The predicted octanol–water partition coefficient (Wildman–Crippen LogP) is 3.17. The van der Waals surface area contributed by atoms with Crippen LogP contribution in [0.3, 0.4) is 0 Å². The quantitative estimate of drug-likeness (QED) is 0.809. The third-order valence-corrected chi connectivity index (χ3v) is 5.87. The van der Waals surface area contributed by atoms with E-state index in [4.69, 9.17) is 9.47 Å². The average Bonchev–Trinajstić information content (AvgIpc) is 3.04. The molecule has 0 aromatic heterocycles. The highest BCUT2D eigenvalue weighted by Gasteiger charge is 2.43. The maximum atomic E-state index is 12.4. The second-order valence-corrected chi connectivity index (χ2v) is 8.16. The van der Waals surface area contributed by atoms with Gasteiger partial charge in [0.1, 0.15) is 11.5 Å². The molecule has 0 radical (unpaired) electrons. The molecule has 1 spiro atoms. The summed E-state index contributed by atoms with van der Waals surface area (Å²) >= 11 is 0. The van der Waals surface area contributed by atoms with Crippen LogP contribution in [-0.2, 0) is 11.3 Å². The third kappa shape index (κ3) is 3.98. The van der Waals surface area contributed by atoms with Gasteiger partial charge in [0.05, 0.1) is 14.2 Å². The van der Waals surface area contributed by atoms with Crippen molar-refractivity contribution in [2.75, 3.05) is 40.4 Å². The molecular formula is C21H32N2O3. The number of benzene rings is 1. The van der Waals surface area contributed by atoms with E-state index < -0.39 is 0 Å². The molecule has 1 atom stereocenters. The highest BCUT2D eigenvalue weighted by molar-refractivity contribution is 5.78. The van der Waals surface area contributed by atoms with Crippen molar-refractivity contribution >= 4 is 5.91 Å². The Hall–Kier alpha value is -1.75. The van der Waals surface area contributed by atoms with Crippen molar-refractivity contribution in [3.05, 3.63) is 23.8 Å². The standard InChI is InChI=1S/C21H32N2O3/c1-16(2)20(24)23-11-9-21(15-23)8-5-10-22(14-21)13-17-6-7-18(25-3)12-19(17)26-4/h6-7,12,16H,5,8-11,13-15H2,1-4H3. The van der Waals surface area contributed by atoms with Crippen LogP contribution in [0.15, 0.2) is 18.2 Å². The summed E-state index contributed by atoms with van der Waals surface area (Å²) in [4.78, 5) is 17.0. The molecule has 1 unspecified atom stereocenters. The fourth-order valence-corrected chi connectivity index (χ4v) is 4.49. The zero-order valence-electron chi connectivity index (χ0n) is 16.6. The molecule has 2 heterocycles. The van der Waals surface area contributed by atoms with Gasteiger partial charge in [-0.2, -0.15) is 0 Å². The molecule has 1 aromatic carbocycles. The first-order chi connectivity index (χ1) is 12.5. The van der Waals surface area contributed by atoms with Crippen LogP contribution in [0, 0.1) is 11.3 Å². The largest absolute Gasteiger partial charge is 0.497 e. The first-order valence-electron chi connectivity index (χ1n) is 9.68. The van der Waals surface area contributed by atoms with E-state index in [1.54, 1.807) is 14.2 Å². The lowest BCUT2D eigenvalue weighted by Gasteiger charge is -2.40. The molecule has 144 valence electrons. The van der Waals surface area contributed by atoms with E-state index in [1.807, 2.05) is 26.0 Å². The normalized spacial score (nSPS) is 23.7. The van der Waals surface area contributed by atoms with Gasteiger partial charge in [0.25, 0.3) is 0 Å².